The number of aromatic nitrogens is 2. The van der Waals surface area contributed by atoms with Gasteiger partial charge in [-0.3, -0.25) is 0 Å². The third-order valence-corrected chi connectivity index (χ3v) is 8.20. The predicted molar refractivity (Wildman–Crippen MR) is 138 cm³/mol. The van der Waals surface area contributed by atoms with Crippen LogP contribution < -0.4 is 0 Å². The van der Waals surface area contributed by atoms with E-state index in [4.69, 9.17) is 0 Å². The molecule has 4 aromatic carbocycles. The van der Waals surface area contributed by atoms with Crippen LogP contribution in [0, 0.1) is 6.92 Å². The lowest BCUT2D eigenvalue weighted by Crippen LogP contribution is -2.32. The van der Waals surface area contributed by atoms with Gasteiger partial charge in [0.2, 0.25) is 15.0 Å². The van der Waals surface area contributed by atoms with Crippen molar-refractivity contribution in [1.82, 2.24) is 9.97 Å². The summed E-state index contributed by atoms with van der Waals surface area (Å²) in [5, 5.41) is -0.0488. The summed E-state index contributed by atoms with van der Waals surface area (Å²) in [4.78, 5) is 7.10. The van der Waals surface area contributed by atoms with E-state index in [1.54, 1.807) is 6.07 Å². The summed E-state index contributed by atoms with van der Waals surface area (Å²) in [7, 11) is -3.83. The number of nitrogens with one attached hydrogen (secondary N) is 1. The molecule has 0 saturated heterocycles. The van der Waals surface area contributed by atoms with Crippen LogP contribution >= 0.6 is 0 Å². The maximum atomic E-state index is 13.6. The average molecular weight is 479 g/mol. The van der Waals surface area contributed by atoms with Gasteiger partial charge in [-0.15, -0.1) is 0 Å². The summed E-state index contributed by atoms with van der Waals surface area (Å²) in [5.74, 6) is 0. The zero-order valence-electron chi connectivity index (χ0n) is 19.4. The Balaban J connectivity index is 1.81. The van der Waals surface area contributed by atoms with Gasteiger partial charge < -0.3 is 4.98 Å². The van der Waals surface area contributed by atoms with E-state index in [9.17, 15) is 8.42 Å². The second-order valence-electron chi connectivity index (χ2n) is 8.69. The zero-order valence-corrected chi connectivity index (χ0v) is 20.2. The molecule has 0 aliphatic carbocycles. The second kappa shape index (κ2) is 9.35. The molecule has 5 aromatic rings. The van der Waals surface area contributed by atoms with Gasteiger partial charge in [0.1, 0.15) is 0 Å². The van der Waals surface area contributed by atoms with Gasteiger partial charge >= 0.3 is 0 Å². The fraction of sp³-hybridized carbons (Fsp3) is 0.100. The number of aryl methyl sites for hydroxylation is 1. The molecule has 0 unspecified atom stereocenters. The number of nitrogens with zero attached hydrogens (tertiary/aromatic N) is 1. The molecule has 5 rings (SSSR count). The van der Waals surface area contributed by atoms with Crippen molar-refractivity contribution < 1.29 is 8.42 Å². The molecule has 0 aliphatic heterocycles. The highest BCUT2D eigenvalue weighted by atomic mass is 32.2. The number of hydrogen-bond donors (Lipinski definition) is 1. The highest BCUT2D eigenvalue weighted by Crippen LogP contribution is 2.43. The van der Waals surface area contributed by atoms with Gasteiger partial charge in [0.05, 0.1) is 4.90 Å². The Labute approximate surface area is 206 Å². The molecule has 4 nitrogen and oxygen atoms in total. The maximum absolute atomic E-state index is 13.6. The first-order chi connectivity index (χ1) is 17.0. The molecule has 1 N–H and O–H groups in total. The minimum absolute atomic E-state index is 0.0488. The van der Waals surface area contributed by atoms with E-state index in [-0.39, 0.29) is 10.1 Å². The first-order valence-corrected chi connectivity index (χ1v) is 13.0. The van der Waals surface area contributed by atoms with Crippen molar-refractivity contribution in [3.8, 4) is 0 Å². The van der Waals surface area contributed by atoms with Crippen molar-refractivity contribution in [3.63, 3.8) is 0 Å². The number of rotatable bonds is 7. The van der Waals surface area contributed by atoms with Gasteiger partial charge in [-0.05, 0) is 41.7 Å². The van der Waals surface area contributed by atoms with Crippen molar-refractivity contribution >= 4 is 9.84 Å². The molecule has 174 valence electrons. The highest BCUT2D eigenvalue weighted by Gasteiger charge is 2.38. The smallest absolute Gasteiger partial charge is 0.240 e. The van der Waals surface area contributed by atoms with Crippen LogP contribution in [-0.2, 0) is 21.7 Å². The molecule has 0 aliphatic rings. The molecule has 1 heterocycles. The van der Waals surface area contributed by atoms with Crippen LogP contribution in [0.2, 0.25) is 0 Å². The van der Waals surface area contributed by atoms with Crippen LogP contribution in [0.3, 0.4) is 0 Å². The van der Waals surface area contributed by atoms with Crippen LogP contribution in [0.1, 0.15) is 27.8 Å². The largest absolute Gasteiger partial charge is 0.335 e. The summed E-state index contributed by atoms with van der Waals surface area (Å²) < 4.78 is 27.3. The van der Waals surface area contributed by atoms with E-state index in [0.717, 1.165) is 27.8 Å². The van der Waals surface area contributed by atoms with Crippen LogP contribution in [0.15, 0.2) is 132 Å². The average Bonchev–Trinajstić information content (AvgIpc) is 3.45. The molecule has 0 radical (unpaired) electrons. The van der Waals surface area contributed by atoms with Crippen molar-refractivity contribution in [3.05, 3.63) is 149 Å². The first kappa shape index (κ1) is 22.8. The first-order valence-electron chi connectivity index (χ1n) is 11.5. The molecule has 0 amide bonds. The van der Waals surface area contributed by atoms with Crippen LogP contribution in [0.25, 0.3) is 0 Å². The quantitative estimate of drug-likeness (QED) is 0.286. The van der Waals surface area contributed by atoms with Crippen LogP contribution in [0.4, 0.5) is 0 Å². The van der Waals surface area contributed by atoms with Crippen LogP contribution in [-0.4, -0.2) is 18.4 Å². The zero-order chi connectivity index (χ0) is 24.3. The molecule has 1 aromatic heterocycles. The number of aromatic amines is 1. The Morgan fingerprint density at radius 1 is 0.743 bits per heavy atom. The summed E-state index contributed by atoms with van der Waals surface area (Å²) in [6.07, 6.45) is 3.45. The summed E-state index contributed by atoms with van der Waals surface area (Å²) >= 11 is 0. The van der Waals surface area contributed by atoms with E-state index in [1.807, 2.05) is 73.7 Å². The lowest BCUT2D eigenvalue weighted by atomic mass is 9.66. The van der Waals surface area contributed by atoms with Gasteiger partial charge in [-0.2, -0.15) is 0 Å². The Morgan fingerprint density at radius 2 is 1.26 bits per heavy atom. The van der Waals surface area contributed by atoms with Crippen molar-refractivity contribution in [2.45, 2.75) is 28.8 Å². The van der Waals surface area contributed by atoms with Gasteiger partial charge in [0.15, 0.2) is 0 Å². The van der Waals surface area contributed by atoms with E-state index in [1.165, 1.54) is 12.4 Å². The summed E-state index contributed by atoms with van der Waals surface area (Å²) in [6.45, 7) is 1.99. The Hall–Kier alpha value is -3.96. The number of hydrogen-bond acceptors (Lipinski definition) is 3. The number of H-pyrrole nitrogens is 1. The molecule has 5 heteroatoms. The standard InChI is InChI=1S/C30H26N2O2S/c1-23-17-18-28(35(33,34)29-31-19-20-32-29)24(21-23)22-30(25-11-5-2-6-12-25,26-13-7-3-8-14-26)27-15-9-4-10-16-27/h2-21H,22H2,1H3,(H,31,32). The van der Waals surface area contributed by atoms with Crippen LogP contribution in [0.5, 0.6) is 0 Å². The Bertz CT molecular complexity index is 1420. The second-order valence-corrected chi connectivity index (χ2v) is 10.5. The number of benzene rings is 4. The minimum atomic E-state index is -3.83. The molecule has 0 saturated carbocycles. The summed E-state index contributed by atoms with van der Waals surface area (Å²) in [6, 6.07) is 36.5. The fourth-order valence-electron chi connectivity index (χ4n) is 4.87. The fourth-order valence-corrected chi connectivity index (χ4v) is 6.22. The van der Waals surface area contributed by atoms with Gasteiger partial charge in [0.25, 0.3) is 0 Å². The maximum Gasteiger partial charge on any atom is 0.240 e. The number of sulfone groups is 1. The lowest BCUT2D eigenvalue weighted by molar-refractivity contribution is 0.579. The monoisotopic (exact) mass is 478 g/mol. The van der Waals surface area contributed by atoms with E-state index in [0.29, 0.717) is 6.42 Å². The van der Waals surface area contributed by atoms with Crippen molar-refractivity contribution in [2.75, 3.05) is 0 Å². The molecular weight excluding hydrogens is 452 g/mol. The summed E-state index contributed by atoms with van der Waals surface area (Å²) in [5.41, 5.74) is 4.44. The van der Waals surface area contributed by atoms with Gasteiger partial charge in [0, 0.05) is 17.8 Å². The highest BCUT2D eigenvalue weighted by molar-refractivity contribution is 7.91. The lowest BCUT2D eigenvalue weighted by Gasteiger charge is -2.37. The Kier molecular flexibility index (Phi) is 6.10. The number of imidazole rings is 1. The van der Waals surface area contributed by atoms with Gasteiger partial charge in [-0.25, -0.2) is 13.4 Å². The molecular formula is C30H26N2O2S. The molecule has 35 heavy (non-hydrogen) atoms. The molecule has 0 spiro atoms. The SMILES string of the molecule is Cc1ccc(S(=O)(=O)c2ncc[nH]2)c(CC(c2ccccc2)(c2ccccc2)c2ccccc2)c1. The predicted octanol–water partition coefficient (Wildman–Crippen LogP) is 6.13. The molecule has 0 atom stereocenters. The minimum Gasteiger partial charge on any atom is -0.335 e. The van der Waals surface area contributed by atoms with E-state index >= 15 is 0 Å². The van der Waals surface area contributed by atoms with E-state index in [2.05, 4.69) is 46.4 Å². The van der Waals surface area contributed by atoms with Gasteiger partial charge in [-0.1, -0.05) is 109 Å². The van der Waals surface area contributed by atoms with Crippen molar-refractivity contribution in [2.24, 2.45) is 0 Å². The normalized spacial score (nSPS) is 11.9. The van der Waals surface area contributed by atoms with Crippen molar-refractivity contribution in [1.29, 1.82) is 0 Å². The van der Waals surface area contributed by atoms with E-state index < -0.39 is 15.3 Å². The molecule has 0 bridgehead atoms. The Morgan fingerprint density at radius 3 is 1.71 bits per heavy atom. The third kappa shape index (κ3) is 4.19. The topological polar surface area (TPSA) is 62.8 Å². The molecule has 0 fully saturated rings. The third-order valence-electron chi connectivity index (χ3n) is 6.49.